The van der Waals surface area contributed by atoms with Gasteiger partial charge in [0.05, 0.1) is 10.9 Å². The molecule has 10 heteroatoms. The zero-order valence-electron chi connectivity index (χ0n) is 17.2. The second kappa shape index (κ2) is 9.70. The second-order valence-electron chi connectivity index (χ2n) is 7.13. The minimum Gasteiger partial charge on any atom is -0.352 e. The lowest BCUT2D eigenvalue weighted by molar-refractivity contribution is -0.117. The highest BCUT2D eigenvalue weighted by atomic mass is 32.1. The van der Waals surface area contributed by atoms with E-state index in [9.17, 15) is 23.2 Å². The molecule has 4 rings (SSSR count). The molecule has 0 aliphatic heterocycles. The molecule has 2 heterocycles. The van der Waals surface area contributed by atoms with Crippen LogP contribution in [0.3, 0.4) is 0 Å². The molecule has 33 heavy (non-hydrogen) atoms. The number of aromatic nitrogens is 2. The molecule has 2 aromatic carbocycles. The molecule has 4 aromatic rings. The third-order valence-electron chi connectivity index (χ3n) is 4.87. The summed E-state index contributed by atoms with van der Waals surface area (Å²) in [4.78, 5) is 42.0. The van der Waals surface area contributed by atoms with Gasteiger partial charge in [0, 0.05) is 30.0 Å². The SMILES string of the molecule is O=C(CCCNC(=O)c1ccc(F)cc1F)Nn1cnc2scc(-c3ccccc3)c2c1=O. The molecule has 0 radical (unpaired) electrons. The van der Waals surface area contributed by atoms with Crippen LogP contribution in [0.25, 0.3) is 21.3 Å². The number of carbonyl (C=O) groups excluding carboxylic acids is 2. The number of hydrogen-bond donors (Lipinski definition) is 2. The number of nitrogens with zero attached hydrogens (tertiary/aromatic N) is 2. The minimum absolute atomic E-state index is 0.00579. The zero-order chi connectivity index (χ0) is 23.4. The van der Waals surface area contributed by atoms with Gasteiger partial charge in [0.2, 0.25) is 5.91 Å². The Kier molecular flexibility index (Phi) is 6.55. The molecular weight excluding hydrogens is 450 g/mol. The fourth-order valence-corrected chi connectivity index (χ4v) is 4.16. The third-order valence-corrected chi connectivity index (χ3v) is 5.75. The Morgan fingerprint density at radius 3 is 2.64 bits per heavy atom. The normalized spacial score (nSPS) is 10.8. The van der Waals surface area contributed by atoms with Crippen LogP contribution in [-0.4, -0.2) is 28.0 Å². The molecule has 0 bridgehead atoms. The molecule has 0 fully saturated rings. The van der Waals surface area contributed by atoms with Crippen molar-refractivity contribution in [3.8, 4) is 11.1 Å². The van der Waals surface area contributed by atoms with E-state index in [-0.39, 0.29) is 24.9 Å². The van der Waals surface area contributed by atoms with Crippen LogP contribution in [0.15, 0.2) is 65.0 Å². The van der Waals surface area contributed by atoms with Crippen LogP contribution in [0.4, 0.5) is 8.78 Å². The second-order valence-corrected chi connectivity index (χ2v) is 7.99. The van der Waals surface area contributed by atoms with Gasteiger partial charge in [-0.3, -0.25) is 19.8 Å². The van der Waals surface area contributed by atoms with Crippen LogP contribution in [-0.2, 0) is 4.79 Å². The number of fused-ring (bicyclic) bond motifs is 1. The molecule has 2 amide bonds. The van der Waals surface area contributed by atoms with E-state index in [1.807, 2.05) is 35.7 Å². The Balaban J connectivity index is 1.37. The van der Waals surface area contributed by atoms with Crippen molar-refractivity contribution in [2.75, 3.05) is 12.0 Å². The van der Waals surface area contributed by atoms with Crippen LogP contribution < -0.4 is 16.3 Å². The van der Waals surface area contributed by atoms with E-state index in [0.717, 1.165) is 27.9 Å². The maximum absolute atomic E-state index is 13.6. The van der Waals surface area contributed by atoms with Gasteiger partial charge in [-0.1, -0.05) is 30.3 Å². The number of benzene rings is 2. The molecular formula is C23H18F2N4O3S. The lowest BCUT2D eigenvalue weighted by atomic mass is 10.1. The van der Waals surface area contributed by atoms with Crippen molar-refractivity contribution in [2.45, 2.75) is 12.8 Å². The summed E-state index contributed by atoms with van der Waals surface area (Å²) < 4.78 is 27.6. The van der Waals surface area contributed by atoms with Gasteiger partial charge in [-0.05, 0) is 24.1 Å². The van der Waals surface area contributed by atoms with Crippen molar-refractivity contribution in [2.24, 2.45) is 0 Å². The molecule has 0 saturated heterocycles. The summed E-state index contributed by atoms with van der Waals surface area (Å²) in [5.41, 5.74) is 3.44. The third kappa shape index (κ3) is 4.96. The fraction of sp³-hybridized carbons (Fsp3) is 0.130. The largest absolute Gasteiger partial charge is 0.352 e. The monoisotopic (exact) mass is 468 g/mol. The molecule has 0 aliphatic carbocycles. The zero-order valence-corrected chi connectivity index (χ0v) is 18.0. The van der Waals surface area contributed by atoms with Gasteiger partial charge in [0.25, 0.3) is 11.5 Å². The van der Waals surface area contributed by atoms with Crippen LogP contribution in [0, 0.1) is 11.6 Å². The van der Waals surface area contributed by atoms with Gasteiger partial charge in [-0.2, -0.15) is 0 Å². The number of hydrogen-bond acceptors (Lipinski definition) is 5. The van der Waals surface area contributed by atoms with Gasteiger partial charge in [0.1, 0.15) is 22.8 Å². The van der Waals surface area contributed by atoms with Crippen LogP contribution in [0.1, 0.15) is 23.2 Å². The van der Waals surface area contributed by atoms with E-state index in [0.29, 0.717) is 16.3 Å². The first kappa shape index (κ1) is 22.3. The van der Waals surface area contributed by atoms with Crippen molar-refractivity contribution >= 4 is 33.4 Å². The highest BCUT2D eigenvalue weighted by Crippen LogP contribution is 2.30. The molecule has 0 atom stereocenters. The predicted octanol–water partition coefficient (Wildman–Crippen LogP) is 3.68. The van der Waals surface area contributed by atoms with Crippen molar-refractivity contribution in [1.29, 1.82) is 0 Å². The van der Waals surface area contributed by atoms with Crippen molar-refractivity contribution in [3.63, 3.8) is 0 Å². The summed E-state index contributed by atoms with van der Waals surface area (Å²) in [5, 5.41) is 4.75. The summed E-state index contributed by atoms with van der Waals surface area (Å²) in [6.45, 7) is 0.0952. The predicted molar refractivity (Wildman–Crippen MR) is 122 cm³/mol. The Morgan fingerprint density at radius 2 is 1.88 bits per heavy atom. The minimum atomic E-state index is -0.962. The molecule has 7 nitrogen and oxygen atoms in total. The highest BCUT2D eigenvalue weighted by Gasteiger charge is 2.15. The van der Waals surface area contributed by atoms with Crippen LogP contribution >= 0.6 is 11.3 Å². The number of nitrogens with one attached hydrogen (secondary N) is 2. The van der Waals surface area contributed by atoms with Crippen LogP contribution in [0.5, 0.6) is 0 Å². The average Bonchev–Trinajstić information content (AvgIpc) is 3.24. The van der Waals surface area contributed by atoms with Gasteiger partial charge in [-0.25, -0.2) is 18.4 Å². The number of halogens is 2. The lowest BCUT2D eigenvalue weighted by Crippen LogP contribution is -2.33. The molecule has 168 valence electrons. The Bertz CT molecular complexity index is 1390. The van der Waals surface area contributed by atoms with Crippen molar-refractivity contribution < 1.29 is 18.4 Å². The smallest absolute Gasteiger partial charge is 0.281 e. The first-order valence-corrected chi connectivity index (χ1v) is 10.9. The maximum Gasteiger partial charge on any atom is 0.281 e. The Morgan fingerprint density at radius 1 is 1.09 bits per heavy atom. The standard InChI is InChI=1S/C23H18F2N4O3S/c24-15-8-9-16(18(25)11-15)21(31)26-10-4-7-19(30)28-29-13-27-22-20(23(29)32)17(12-33-22)14-5-2-1-3-6-14/h1-3,5-6,8-9,11-13H,4,7,10H2,(H,26,31)(H,28,30). The molecule has 0 spiro atoms. The molecule has 2 N–H and O–H groups in total. The summed E-state index contributed by atoms with van der Waals surface area (Å²) in [6, 6.07) is 12.1. The Labute approximate surface area is 190 Å². The van der Waals surface area contributed by atoms with E-state index in [1.54, 1.807) is 0 Å². The van der Waals surface area contributed by atoms with E-state index in [2.05, 4.69) is 15.7 Å². The lowest BCUT2D eigenvalue weighted by Gasteiger charge is -2.09. The molecule has 2 aromatic heterocycles. The Hall–Kier alpha value is -3.92. The quantitative estimate of drug-likeness (QED) is 0.405. The molecule has 0 unspecified atom stereocenters. The number of thiophene rings is 1. The number of amides is 2. The molecule has 0 aliphatic rings. The van der Waals surface area contributed by atoms with Gasteiger partial charge >= 0.3 is 0 Å². The van der Waals surface area contributed by atoms with E-state index < -0.39 is 29.0 Å². The van der Waals surface area contributed by atoms with Gasteiger partial charge in [0.15, 0.2) is 0 Å². The molecule has 0 saturated carbocycles. The average molecular weight is 468 g/mol. The van der Waals surface area contributed by atoms with E-state index in [4.69, 9.17) is 0 Å². The van der Waals surface area contributed by atoms with Crippen molar-refractivity contribution in [3.05, 3.63) is 87.8 Å². The highest BCUT2D eigenvalue weighted by molar-refractivity contribution is 7.17. The first-order valence-electron chi connectivity index (χ1n) is 10.0. The van der Waals surface area contributed by atoms with Crippen LogP contribution in [0.2, 0.25) is 0 Å². The number of rotatable bonds is 7. The summed E-state index contributed by atoms with van der Waals surface area (Å²) in [7, 11) is 0. The first-order chi connectivity index (χ1) is 15.9. The van der Waals surface area contributed by atoms with Crippen molar-refractivity contribution in [1.82, 2.24) is 15.0 Å². The number of carbonyl (C=O) groups is 2. The summed E-state index contributed by atoms with van der Waals surface area (Å²) >= 11 is 1.35. The fourth-order valence-electron chi connectivity index (χ4n) is 3.25. The summed E-state index contributed by atoms with van der Waals surface area (Å²) in [5.74, 6) is -2.89. The van der Waals surface area contributed by atoms with E-state index in [1.165, 1.54) is 17.7 Å². The van der Waals surface area contributed by atoms with E-state index >= 15 is 0 Å². The summed E-state index contributed by atoms with van der Waals surface area (Å²) in [6.07, 6.45) is 1.51. The van der Waals surface area contributed by atoms with Gasteiger partial charge in [-0.15, -0.1) is 11.3 Å². The maximum atomic E-state index is 13.6. The van der Waals surface area contributed by atoms with Gasteiger partial charge < -0.3 is 5.32 Å². The topological polar surface area (TPSA) is 93.1 Å².